The molecule has 3 aromatic rings. The van der Waals surface area contributed by atoms with Gasteiger partial charge in [-0.2, -0.15) is 5.26 Å². The fourth-order valence-electron chi connectivity index (χ4n) is 5.24. The Morgan fingerprint density at radius 3 is 2.61 bits per heavy atom. The summed E-state index contributed by atoms with van der Waals surface area (Å²) in [6.45, 7) is 4.89. The Hall–Kier alpha value is -3.30. The molecule has 6 nitrogen and oxygen atoms in total. The molecular weight excluding hydrogens is 412 g/mol. The average molecular weight is 443 g/mol. The largest absolute Gasteiger partial charge is 0.497 e. The number of amides is 1. The summed E-state index contributed by atoms with van der Waals surface area (Å²) in [6.07, 6.45) is 3.38. The molecule has 2 atom stereocenters. The quantitative estimate of drug-likeness (QED) is 0.653. The number of aromatic amines is 1. The molecule has 5 rings (SSSR count). The minimum absolute atomic E-state index is 0.0771. The van der Waals surface area contributed by atoms with E-state index in [2.05, 4.69) is 35.0 Å². The Morgan fingerprint density at radius 1 is 1.15 bits per heavy atom. The number of methoxy groups -OCH3 is 1. The highest BCUT2D eigenvalue weighted by molar-refractivity contribution is 5.99. The van der Waals surface area contributed by atoms with Gasteiger partial charge in [-0.25, -0.2) is 0 Å². The molecule has 2 aromatic carbocycles. The fourth-order valence-corrected chi connectivity index (χ4v) is 5.24. The van der Waals surface area contributed by atoms with Gasteiger partial charge in [0.15, 0.2) is 0 Å². The second-order valence-corrected chi connectivity index (χ2v) is 9.32. The second-order valence-electron chi connectivity index (χ2n) is 9.32. The summed E-state index contributed by atoms with van der Waals surface area (Å²) >= 11 is 0. The van der Waals surface area contributed by atoms with E-state index in [1.807, 2.05) is 35.2 Å². The topological polar surface area (TPSA) is 72.4 Å². The van der Waals surface area contributed by atoms with Crippen molar-refractivity contribution in [1.29, 1.82) is 5.26 Å². The molecule has 1 saturated heterocycles. The first kappa shape index (κ1) is 21.5. The third-order valence-corrected chi connectivity index (χ3v) is 7.20. The lowest BCUT2D eigenvalue weighted by molar-refractivity contribution is 0.0606. The van der Waals surface area contributed by atoms with Crippen LogP contribution in [0.3, 0.4) is 0 Å². The van der Waals surface area contributed by atoms with Crippen LogP contribution in [0.25, 0.3) is 10.9 Å². The van der Waals surface area contributed by atoms with Gasteiger partial charge < -0.3 is 14.6 Å². The number of nitrogens with one attached hydrogen (secondary N) is 1. The summed E-state index contributed by atoms with van der Waals surface area (Å²) in [5, 5.41) is 11.0. The Balaban J connectivity index is 1.29. The third kappa shape index (κ3) is 4.09. The lowest BCUT2D eigenvalue weighted by Gasteiger charge is -2.37. The Bertz CT molecular complexity index is 1200. The number of aromatic nitrogens is 1. The molecule has 0 saturated carbocycles. The van der Waals surface area contributed by atoms with Crippen LogP contribution in [0.15, 0.2) is 42.5 Å². The van der Waals surface area contributed by atoms with E-state index in [1.54, 1.807) is 7.11 Å². The number of carbonyl (C=O) groups excluding carboxylic acids is 1. The van der Waals surface area contributed by atoms with Crippen LogP contribution in [-0.4, -0.2) is 54.0 Å². The van der Waals surface area contributed by atoms with Crippen LogP contribution in [0.2, 0.25) is 0 Å². The van der Waals surface area contributed by atoms with E-state index in [4.69, 9.17) is 4.74 Å². The Morgan fingerprint density at radius 2 is 1.91 bits per heavy atom. The number of hydrogen-bond donors (Lipinski definition) is 1. The summed E-state index contributed by atoms with van der Waals surface area (Å²) in [7, 11) is 1.63. The zero-order valence-electron chi connectivity index (χ0n) is 19.3. The predicted molar refractivity (Wildman–Crippen MR) is 128 cm³/mol. The maximum atomic E-state index is 13.3. The van der Waals surface area contributed by atoms with Crippen molar-refractivity contribution in [3.05, 3.63) is 64.8 Å². The number of H-pyrrole nitrogens is 1. The molecule has 33 heavy (non-hydrogen) atoms. The maximum Gasteiger partial charge on any atom is 0.253 e. The molecule has 170 valence electrons. The summed E-state index contributed by atoms with van der Waals surface area (Å²) < 4.78 is 5.23. The van der Waals surface area contributed by atoms with Gasteiger partial charge in [0.05, 0.1) is 13.2 Å². The fraction of sp³-hybridized carbons (Fsp3) is 0.407. The summed E-state index contributed by atoms with van der Waals surface area (Å²) in [5.74, 6) is 1.54. The van der Waals surface area contributed by atoms with Crippen molar-refractivity contribution in [2.75, 3.05) is 33.3 Å². The minimum Gasteiger partial charge on any atom is -0.497 e. The number of nitrogens with zero attached hydrogens (tertiary/aromatic N) is 3. The van der Waals surface area contributed by atoms with Gasteiger partial charge in [0.2, 0.25) is 0 Å². The molecule has 0 spiro atoms. The smallest absolute Gasteiger partial charge is 0.253 e. The molecule has 2 heterocycles. The first-order valence-electron chi connectivity index (χ1n) is 11.8. The van der Waals surface area contributed by atoms with E-state index in [0.717, 1.165) is 35.2 Å². The Kier molecular flexibility index (Phi) is 5.82. The highest BCUT2D eigenvalue weighted by Gasteiger charge is 2.28. The molecule has 1 aliphatic carbocycles. The highest BCUT2D eigenvalue weighted by Crippen LogP contribution is 2.32. The number of benzene rings is 2. The van der Waals surface area contributed by atoms with Crippen LogP contribution in [-0.2, 0) is 12.8 Å². The molecule has 0 bridgehead atoms. The lowest BCUT2D eigenvalue weighted by Crippen LogP contribution is -2.49. The average Bonchev–Trinajstić information content (AvgIpc) is 3.22. The number of aryl methyl sites for hydroxylation is 1. The van der Waals surface area contributed by atoms with Gasteiger partial charge in [0.25, 0.3) is 5.91 Å². The van der Waals surface area contributed by atoms with Crippen molar-refractivity contribution in [2.24, 2.45) is 5.92 Å². The van der Waals surface area contributed by atoms with Crippen molar-refractivity contribution in [1.82, 2.24) is 14.8 Å². The van der Waals surface area contributed by atoms with E-state index in [0.29, 0.717) is 32.1 Å². The SMILES string of the molecule is COc1ccc([C@H](C#N)N2CCN(C(=O)c3ccc4[nH]c5c(c4c3)C[C@@H](C)CC5)CC2)cc1. The van der Waals surface area contributed by atoms with Crippen molar-refractivity contribution in [3.63, 3.8) is 0 Å². The van der Waals surface area contributed by atoms with Gasteiger partial charge >= 0.3 is 0 Å². The van der Waals surface area contributed by atoms with Crippen LogP contribution < -0.4 is 4.74 Å². The van der Waals surface area contributed by atoms with E-state index in [-0.39, 0.29) is 11.9 Å². The third-order valence-electron chi connectivity index (χ3n) is 7.20. The zero-order valence-corrected chi connectivity index (χ0v) is 19.3. The highest BCUT2D eigenvalue weighted by atomic mass is 16.5. The molecule has 1 aromatic heterocycles. The van der Waals surface area contributed by atoms with E-state index < -0.39 is 0 Å². The first-order valence-corrected chi connectivity index (χ1v) is 11.8. The van der Waals surface area contributed by atoms with Crippen LogP contribution in [0.5, 0.6) is 5.75 Å². The molecule has 1 fully saturated rings. The van der Waals surface area contributed by atoms with Crippen LogP contribution in [0, 0.1) is 17.2 Å². The van der Waals surface area contributed by atoms with Gasteiger partial charge in [0.1, 0.15) is 11.8 Å². The van der Waals surface area contributed by atoms with Gasteiger partial charge in [-0.15, -0.1) is 0 Å². The molecule has 0 unspecified atom stereocenters. The monoisotopic (exact) mass is 442 g/mol. The predicted octanol–water partition coefficient (Wildman–Crippen LogP) is 4.32. The normalized spacial score (nSPS) is 19.7. The molecule has 6 heteroatoms. The standard InChI is InChI=1S/C27H30N4O2/c1-18-3-9-24-22(15-18)23-16-20(6-10-25(23)29-24)27(32)31-13-11-30(12-14-31)26(17-28)19-4-7-21(33-2)8-5-19/h4-8,10,16,18,26,29H,3,9,11-15H2,1-2H3/t18-,26-/m0/s1. The number of piperazine rings is 1. The van der Waals surface area contributed by atoms with Crippen molar-refractivity contribution in [3.8, 4) is 11.8 Å². The van der Waals surface area contributed by atoms with Crippen molar-refractivity contribution < 1.29 is 9.53 Å². The summed E-state index contributed by atoms with van der Waals surface area (Å²) in [4.78, 5) is 20.9. The first-order chi connectivity index (χ1) is 16.1. The molecule has 1 N–H and O–H groups in total. The van der Waals surface area contributed by atoms with Crippen molar-refractivity contribution in [2.45, 2.75) is 32.2 Å². The number of nitriles is 1. The number of rotatable bonds is 4. The van der Waals surface area contributed by atoms with Gasteiger partial charge in [-0.3, -0.25) is 9.69 Å². The number of ether oxygens (including phenoxy) is 1. The van der Waals surface area contributed by atoms with E-state index in [1.165, 1.54) is 23.1 Å². The van der Waals surface area contributed by atoms with E-state index in [9.17, 15) is 10.1 Å². The molecular formula is C27H30N4O2. The zero-order chi connectivity index (χ0) is 22.9. The van der Waals surface area contributed by atoms with Gasteiger partial charge in [-0.1, -0.05) is 19.1 Å². The molecule has 0 radical (unpaired) electrons. The number of fused-ring (bicyclic) bond motifs is 3. The van der Waals surface area contributed by atoms with Crippen LogP contribution >= 0.6 is 0 Å². The Labute approximate surface area is 194 Å². The van der Waals surface area contributed by atoms with Gasteiger partial charge in [0, 0.05) is 48.3 Å². The summed E-state index contributed by atoms with van der Waals surface area (Å²) in [6, 6.07) is 15.8. The summed E-state index contributed by atoms with van der Waals surface area (Å²) in [5.41, 5.74) is 5.56. The number of hydrogen-bond acceptors (Lipinski definition) is 4. The number of carbonyl (C=O) groups is 1. The minimum atomic E-state index is -0.321. The maximum absolute atomic E-state index is 13.3. The molecule has 2 aliphatic rings. The lowest BCUT2D eigenvalue weighted by atomic mass is 9.87. The molecule has 1 aliphatic heterocycles. The molecule has 1 amide bonds. The van der Waals surface area contributed by atoms with Crippen LogP contribution in [0.4, 0.5) is 0 Å². The second kappa shape index (κ2) is 8.92. The van der Waals surface area contributed by atoms with Gasteiger partial charge in [-0.05, 0) is 66.6 Å². The van der Waals surface area contributed by atoms with E-state index >= 15 is 0 Å². The van der Waals surface area contributed by atoms with Crippen molar-refractivity contribution >= 4 is 16.8 Å². The van der Waals surface area contributed by atoms with Crippen LogP contribution in [0.1, 0.15) is 46.6 Å².